The van der Waals surface area contributed by atoms with E-state index < -0.39 is 10.8 Å². The standard InChI is InChI=1S/C18H24O2S/c1-12(2)14-5-3-13(4-6-14)9-18(19)15-10-16-7-8-17(11-15)21(16)20/h3-6,12,15-17H,7-11H2,1-2H3. The van der Waals surface area contributed by atoms with Gasteiger partial charge in [-0.2, -0.15) is 0 Å². The van der Waals surface area contributed by atoms with Gasteiger partial charge in [-0.3, -0.25) is 9.00 Å². The van der Waals surface area contributed by atoms with Crippen molar-refractivity contribution >= 4 is 16.6 Å². The van der Waals surface area contributed by atoms with E-state index in [1.807, 2.05) is 0 Å². The second kappa shape index (κ2) is 6.04. The fourth-order valence-corrected chi connectivity index (χ4v) is 5.79. The highest BCUT2D eigenvalue weighted by molar-refractivity contribution is 7.86. The van der Waals surface area contributed by atoms with Gasteiger partial charge in [0.2, 0.25) is 0 Å². The summed E-state index contributed by atoms with van der Waals surface area (Å²) in [5.74, 6) is 1.02. The molecule has 0 aromatic heterocycles. The highest BCUT2D eigenvalue weighted by Crippen LogP contribution is 2.39. The van der Waals surface area contributed by atoms with Gasteiger partial charge in [0.25, 0.3) is 0 Å². The van der Waals surface area contributed by atoms with Gasteiger partial charge in [0.05, 0.1) is 0 Å². The van der Waals surface area contributed by atoms with Crippen LogP contribution in [-0.2, 0) is 22.0 Å². The van der Waals surface area contributed by atoms with Gasteiger partial charge in [-0.1, -0.05) is 38.1 Å². The SMILES string of the molecule is CC(C)c1ccc(CC(=O)C2CC3CCC(C2)S3=O)cc1. The first-order chi connectivity index (χ1) is 10.0. The number of fused-ring (bicyclic) bond motifs is 2. The van der Waals surface area contributed by atoms with Crippen molar-refractivity contribution in [2.24, 2.45) is 5.92 Å². The van der Waals surface area contributed by atoms with Crippen LogP contribution in [-0.4, -0.2) is 20.5 Å². The third-order valence-electron chi connectivity index (χ3n) is 5.04. The van der Waals surface area contributed by atoms with Crippen LogP contribution in [0.1, 0.15) is 56.6 Å². The topological polar surface area (TPSA) is 34.1 Å². The molecule has 2 heterocycles. The summed E-state index contributed by atoms with van der Waals surface area (Å²) in [6.07, 6.45) is 4.36. The van der Waals surface area contributed by atoms with Gasteiger partial charge in [0.15, 0.2) is 0 Å². The second-order valence-corrected chi connectivity index (χ2v) is 8.85. The minimum atomic E-state index is -0.663. The van der Waals surface area contributed by atoms with E-state index in [4.69, 9.17) is 0 Å². The molecule has 2 fully saturated rings. The summed E-state index contributed by atoms with van der Waals surface area (Å²) in [5.41, 5.74) is 2.43. The maximum Gasteiger partial charge on any atom is 0.140 e. The molecule has 0 saturated carbocycles. The maximum atomic E-state index is 12.5. The molecule has 2 atom stereocenters. The molecular formula is C18H24O2S. The normalized spacial score (nSPS) is 31.6. The molecule has 114 valence electrons. The summed E-state index contributed by atoms with van der Waals surface area (Å²) in [4.78, 5) is 12.5. The Kier molecular flexibility index (Phi) is 4.30. The van der Waals surface area contributed by atoms with E-state index in [-0.39, 0.29) is 5.92 Å². The molecule has 2 aliphatic heterocycles. The zero-order chi connectivity index (χ0) is 15.0. The Labute approximate surface area is 129 Å². The predicted molar refractivity (Wildman–Crippen MR) is 86.9 cm³/mol. The second-order valence-electron chi connectivity index (χ2n) is 6.86. The van der Waals surface area contributed by atoms with E-state index in [1.54, 1.807) is 0 Å². The van der Waals surface area contributed by atoms with Crippen molar-refractivity contribution < 1.29 is 9.00 Å². The van der Waals surface area contributed by atoms with Crippen LogP contribution in [0, 0.1) is 5.92 Å². The van der Waals surface area contributed by atoms with E-state index >= 15 is 0 Å². The summed E-state index contributed by atoms with van der Waals surface area (Å²) in [5, 5.41) is 0.585. The largest absolute Gasteiger partial charge is 0.299 e. The molecule has 2 unspecified atom stereocenters. The number of carbonyl (C=O) groups excluding carboxylic acids is 1. The number of ketones is 1. The summed E-state index contributed by atoms with van der Waals surface area (Å²) in [6.45, 7) is 4.36. The number of hydrogen-bond acceptors (Lipinski definition) is 2. The highest BCUT2D eigenvalue weighted by atomic mass is 32.2. The predicted octanol–water partition coefficient (Wildman–Crippen LogP) is 3.61. The van der Waals surface area contributed by atoms with Gasteiger partial charge >= 0.3 is 0 Å². The molecule has 2 nitrogen and oxygen atoms in total. The van der Waals surface area contributed by atoms with Crippen LogP contribution in [0.5, 0.6) is 0 Å². The molecule has 0 radical (unpaired) electrons. The van der Waals surface area contributed by atoms with Crippen LogP contribution in [0.25, 0.3) is 0 Å². The monoisotopic (exact) mass is 304 g/mol. The maximum absolute atomic E-state index is 12.5. The van der Waals surface area contributed by atoms with Gasteiger partial charge in [-0.05, 0) is 42.7 Å². The molecule has 0 amide bonds. The van der Waals surface area contributed by atoms with Gasteiger partial charge in [0, 0.05) is 33.6 Å². The summed E-state index contributed by atoms with van der Waals surface area (Å²) in [7, 11) is -0.663. The van der Waals surface area contributed by atoms with Crippen LogP contribution >= 0.6 is 0 Å². The molecule has 2 aliphatic rings. The molecule has 0 N–H and O–H groups in total. The van der Waals surface area contributed by atoms with Crippen LogP contribution in [0.15, 0.2) is 24.3 Å². The van der Waals surface area contributed by atoms with Crippen LogP contribution < -0.4 is 0 Å². The summed E-state index contributed by atoms with van der Waals surface area (Å²) >= 11 is 0. The molecule has 1 aromatic carbocycles. The molecule has 3 heteroatoms. The van der Waals surface area contributed by atoms with Crippen molar-refractivity contribution in [3.05, 3.63) is 35.4 Å². The lowest BCUT2D eigenvalue weighted by Gasteiger charge is -2.26. The molecular weight excluding hydrogens is 280 g/mol. The average Bonchev–Trinajstić information content (AvgIpc) is 2.69. The van der Waals surface area contributed by atoms with Gasteiger partial charge in [-0.25, -0.2) is 0 Å². The quantitative estimate of drug-likeness (QED) is 0.851. The number of hydrogen-bond donors (Lipinski definition) is 0. The lowest BCUT2D eigenvalue weighted by atomic mass is 9.90. The third kappa shape index (κ3) is 3.13. The smallest absolute Gasteiger partial charge is 0.140 e. The minimum absolute atomic E-state index is 0.143. The number of rotatable bonds is 4. The van der Waals surface area contributed by atoms with Crippen LogP contribution in [0.4, 0.5) is 0 Å². The Hall–Kier alpha value is -0.960. The first-order valence-corrected chi connectivity index (χ1v) is 9.33. The van der Waals surface area contributed by atoms with E-state index in [0.717, 1.165) is 31.2 Å². The number of Topliss-reactive ketones (excluding diaryl/α,β-unsaturated/α-hetero) is 1. The Bertz CT molecular complexity index is 531. The van der Waals surface area contributed by atoms with Gasteiger partial charge in [-0.15, -0.1) is 0 Å². The lowest BCUT2D eigenvalue weighted by Crippen LogP contribution is -2.32. The Morgan fingerprint density at radius 3 is 2.24 bits per heavy atom. The lowest BCUT2D eigenvalue weighted by molar-refractivity contribution is -0.122. The zero-order valence-electron chi connectivity index (χ0n) is 12.9. The first-order valence-electron chi connectivity index (χ1n) is 8.05. The van der Waals surface area contributed by atoms with Crippen molar-refractivity contribution in [3.8, 4) is 0 Å². The van der Waals surface area contributed by atoms with Crippen molar-refractivity contribution in [3.63, 3.8) is 0 Å². The van der Waals surface area contributed by atoms with Gasteiger partial charge in [0.1, 0.15) is 5.78 Å². The summed E-state index contributed by atoms with van der Waals surface area (Å²) in [6, 6.07) is 8.44. The molecule has 2 bridgehead atoms. The van der Waals surface area contributed by atoms with Crippen molar-refractivity contribution in [2.45, 2.75) is 62.4 Å². The van der Waals surface area contributed by atoms with Crippen molar-refractivity contribution in [1.82, 2.24) is 0 Å². The Morgan fingerprint density at radius 2 is 1.71 bits per heavy atom. The van der Waals surface area contributed by atoms with Crippen molar-refractivity contribution in [2.75, 3.05) is 0 Å². The molecule has 0 aliphatic carbocycles. The number of carbonyl (C=O) groups is 1. The summed E-state index contributed by atoms with van der Waals surface area (Å²) < 4.78 is 12.0. The highest BCUT2D eigenvalue weighted by Gasteiger charge is 2.42. The fraction of sp³-hybridized carbons (Fsp3) is 0.611. The van der Waals surface area contributed by atoms with E-state index in [2.05, 4.69) is 38.1 Å². The average molecular weight is 304 g/mol. The van der Waals surface area contributed by atoms with E-state index in [9.17, 15) is 9.00 Å². The zero-order valence-corrected chi connectivity index (χ0v) is 13.7. The molecule has 21 heavy (non-hydrogen) atoms. The molecule has 2 saturated heterocycles. The molecule has 0 spiro atoms. The van der Waals surface area contributed by atoms with Crippen LogP contribution in [0.3, 0.4) is 0 Å². The van der Waals surface area contributed by atoms with Crippen LogP contribution in [0.2, 0.25) is 0 Å². The van der Waals surface area contributed by atoms with Gasteiger partial charge < -0.3 is 0 Å². The Balaban J connectivity index is 1.63. The Morgan fingerprint density at radius 1 is 1.14 bits per heavy atom. The molecule has 1 aromatic rings. The van der Waals surface area contributed by atoms with Crippen molar-refractivity contribution in [1.29, 1.82) is 0 Å². The molecule has 3 rings (SSSR count). The van der Waals surface area contributed by atoms with E-state index in [1.165, 1.54) is 5.56 Å². The third-order valence-corrected chi connectivity index (χ3v) is 7.21. The minimum Gasteiger partial charge on any atom is -0.299 e. The number of benzene rings is 1. The van der Waals surface area contributed by atoms with E-state index in [0.29, 0.717) is 28.6 Å². The fourth-order valence-electron chi connectivity index (χ4n) is 3.66. The first kappa shape index (κ1) is 15.0.